The summed E-state index contributed by atoms with van der Waals surface area (Å²) in [5.41, 5.74) is 7.00. The largest absolute Gasteiger partial charge is 0.369 e. The standard InChI is InChI=1S/C18H17F2N5O/c1-18(19,20)14-3-2-4-16(23-14)25-13-7-11(8-15(21)26)22-9-12(13)17(24-25)10-5-6-10/h2-4,7,9-10H,5-6,8H2,1H3,(H2,21,26). The Kier molecular flexibility index (Phi) is 3.71. The lowest BCUT2D eigenvalue weighted by atomic mass is 10.1. The number of carbonyl (C=O) groups is 1. The molecule has 1 amide bonds. The number of nitrogens with zero attached hydrogens (tertiary/aromatic N) is 4. The molecule has 0 aliphatic heterocycles. The second-order valence-electron chi connectivity index (χ2n) is 6.68. The number of carbonyl (C=O) groups excluding carboxylic acids is 1. The smallest absolute Gasteiger partial charge is 0.287 e. The summed E-state index contributed by atoms with van der Waals surface area (Å²) in [4.78, 5) is 19.6. The van der Waals surface area contributed by atoms with Crippen molar-refractivity contribution in [2.75, 3.05) is 0 Å². The van der Waals surface area contributed by atoms with Gasteiger partial charge in [-0.15, -0.1) is 0 Å². The van der Waals surface area contributed by atoms with Crippen molar-refractivity contribution in [2.24, 2.45) is 5.73 Å². The van der Waals surface area contributed by atoms with Gasteiger partial charge < -0.3 is 5.73 Å². The third-order valence-electron chi connectivity index (χ3n) is 4.37. The first kappa shape index (κ1) is 16.6. The van der Waals surface area contributed by atoms with Crippen LogP contribution in [0.1, 0.15) is 42.8 Å². The lowest BCUT2D eigenvalue weighted by Gasteiger charge is -2.11. The van der Waals surface area contributed by atoms with Crippen LogP contribution in [0.15, 0.2) is 30.5 Å². The molecular weight excluding hydrogens is 340 g/mol. The molecule has 3 aromatic heterocycles. The summed E-state index contributed by atoms with van der Waals surface area (Å²) >= 11 is 0. The molecule has 0 radical (unpaired) electrons. The van der Waals surface area contributed by atoms with Crippen molar-refractivity contribution >= 4 is 16.8 Å². The van der Waals surface area contributed by atoms with E-state index in [0.717, 1.165) is 30.8 Å². The SMILES string of the molecule is CC(F)(F)c1cccc(-n2nc(C3CC3)c3cnc(CC(N)=O)cc32)n1. The monoisotopic (exact) mass is 357 g/mol. The minimum atomic E-state index is -3.04. The third kappa shape index (κ3) is 3.02. The van der Waals surface area contributed by atoms with Gasteiger partial charge >= 0.3 is 0 Å². The Hall–Kier alpha value is -2.90. The van der Waals surface area contributed by atoms with Crippen LogP contribution in [0.5, 0.6) is 0 Å². The predicted octanol–water partition coefficient (Wildman–Crippen LogP) is 2.83. The van der Waals surface area contributed by atoms with E-state index in [-0.39, 0.29) is 12.1 Å². The number of halogens is 2. The molecule has 0 unspecified atom stereocenters. The summed E-state index contributed by atoms with van der Waals surface area (Å²) < 4.78 is 28.9. The Labute approximate surface area is 148 Å². The maximum atomic E-state index is 13.7. The fourth-order valence-electron chi connectivity index (χ4n) is 2.97. The van der Waals surface area contributed by atoms with Crippen LogP contribution >= 0.6 is 0 Å². The Morgan fingerprint density at radius 3 is 2.81 bits per heavy atom. The van der Waals surface area contributed by atoms with Crippen molar-refractivity contribution in [1.29, 1.82) is 0 Å². The van der Waals surface area contributed by atoms with Gasteiger partial charge in [0.2, 0.25) is 5.91 Å². The van der Waals surface area contributed by atoms with Crippen molar-refractivity contribution in [1.82, 2.24) is 19.7 Å². The lowest BCUT2D eigenvalue weighted by molar-refractivity contribution is -0.117. The van der Waals surface area contributed by atoms with Crippen molar-refractivity contribution < 1.29 is 13.6 Å². The van der Waals surface area contributed by atoms with Gasteiger partial charge in [-0.25, -0.2) is 9.67 Å². The Balaban J connectivity index is 1.89. The number of pyridine rings is 2. The molecule has 6 nitrogen and oxygen atoms in total. The van der Waals surface area contributed by atoms with E-state index in [1.807, 2.05) is 0 Å². The maximum absolute atomic E-state index is 13.7. The molecule has 0 aromatic carbocycles. The van der Waals surface area contributed by atoms with E-state index in [9.17, 15) is 13.6 Å². The first-order chi connectivity index (χ1) is 12.3. The molecular formula is C18H17F2N5O. The van der Waals surface area contributed by atoms with Crippen molar-refractivity contribution in [2.45, 2.75) is 38.0 Å². The first-order valence-corrected chi connectivity index (χ1v) is 8.34. The van der Waals surface area contributed by atoms with Crippen LogP contribution < -0.4 is 5.73 Å². The lowest BCUT2D eigenvalue weighted by Crippen LogP contribution is -2.14. The molecule has 2 N–H and O–H groups in total. The Bertz CT molecular complexity index is 1000. The second-order valence-corrected chi connectivity index (χ2v) is 6.68. The zero-order valence-corrected chi connectivity index (χ0v) is 14.1. The molecule has 0 bridgehead atoms. The molecule has 26 heavy (non-hydrogen) atoms. The van der Waals surface area contributed by atoms with E-state index >= 15 is 0 Å². The molecule has 8 heteroatoms. The molecule has 0 atom stereocenters. The number of hydrogen-bond acceptors (Lipinski definition) is 4. The van der Waals surface area contributed by atoms with Gasteiger partial charge in [-0.2, -0.15) is 13.9 Å². The number of hydrogen-bond donors (Lipinski definition) is 1. The Morgan fingerprint density at radius 1 is 1.38 bits per heavy atom. The average molecular weight is 357 g/mol. The summed E-state index contributed by atoms with van der Waals surface area (Å²) in [5, 5.41) is 5.46. The summed E-state index contributed by atoms with van der Waals surface area (Å²) in [6.07, 6.45) is 3.74. The van der Waals surface area contributed by atoms with E-state index in [1.165, 1.54) is 12.1 Å². The van der Waals surface area contributed by atoms with E-state index in [4.69, 9.17) is 5.73 Å². The van der Waals surface area contributed by atoms with Gasteiger partial charge in [0, 0.05) is 24.4 Å². The Morgan fingerprint density at radius 2 is 2.15 bits per heavy atom. The topological polar surface area (TPSA) is 86.7 Å². The predicted molar refractivity (Wildman–Crippen MR) is 91.1 cm³/mol. The zero-order valence-electron chi connectivity index (χ0n) is 14.1. The van der Waals surface area contributed by atoms with Crippen LogP contribution in [0, 0.1) is 0 Å². The van der Waals surface area contributed by atoms with Crippen LogP contribution in [0.25, 0.3) is 16.7 Å². The molecule has 134 valence electrons. The van der Waals surface area contributed by atoms with E-state index in [1.54, 1.807) is 23.0 Å². The highest BCUT2D eigenvalue weighted by atomic mass is 19.3. The van der Waals surface area contributed by atoms with Gasteiger partial charge in [0.05, 0.1) is 23.3 Å². The normalized spacial score (nSPS) is 14.7. The molecule has 0 spiro atoms. The van der Waals surface area contributed by atoms with E-state index in [0.29, 0.717) is 22.9 Å². The molecule has 0 saturated heterocycles. The summed E-state index contributed by atoms with van der Waals surface area (Å²) in [6.45, 7) is 0.810. The number of amides is 1. The minimum absolute atomic E-state index is 0.000378. The minimum Gasteiger partial charge on any atom is -0.369 e. The number of primary amides is 1. The first-order valence-electron chi connectivity index (χ1n) is 8.34. The summed E-state index contributed by atoms with van der Waals surface area (Å²) in [6, 6.07) is 6.17. The number of aromatic nitrogens is 4. The van der Waals surface area contributed by atoms with Crippen molar-refractivity contribution in [3.8, 4) is 5.82 Å². The molecule has 1 aliphatic carbocycles. The molecule has 3 aromatic rings. The molecule has 3 heterocycles. The number of alkyl halides is 2. The molecule has 4 rings (SSSR count). The second kappa shape index (κ2) is 5.82. The van der Waals surface area contributed by atoms with Crippen LogP contribution in [-0.2, 0) is 17.1 Å². The molecule has 1 fully saturated rings. The summed E-state index contributed by atoms with van der Waals surface area (Å²) in [7, 11) is 0. The van der Waals surface area contributed by atoms with Crippen molar-refractivity contribution in [3.63, 3.8) is 0 Å². The highest BCUT2D eigenvalue weighted by Crippen LogP contribution is 2.42. The highest BCUT2D eigenvalue weighted by Gasteiger charge is 2.31. The molecule has 1 saturated carbocycles. The fourth-order valence-corrected chi connectivity index (χ4v) is 2.97. The highest BCUT2D eigenvalue weighted by molar-refractivity contribution is 5.85. The number of fused-ring (bicyclic) bond motifs is 1. The summed E-state index contributed by atoms with van der Waals surface area (Å²) in [5.74, 6) is -2.89. The van der Waals surface area contributed by atoms with Gasteiger partial charge in [-0.3, -0.25) is 9.78 Å². The van der Waals surface area contributed by atoms with Gasteiger partial charge in [-0.05, 0) is 31.0 Å². The van der Waals surface area contributed by atoms with Crippen LogP contribution in [0.3, 0.4) is 0 Å². The van der Waals surface area contributed by atoms with Crippen LogP contribution in [0.2, 0.25) is 0 Å². The van der Waals surface area contributed by atoms with E-state index < -0.39 is 11.8 Å². The fraction of sp³-hybridized carbons (Fsp3) is 0.333. The maximum Gasteiger partial charge on any atom is 0.287 e. The third-order valence-corrected chi connectivity index (χ3v) is 4.37. The van der Waals surface area contributed by atoms with Gasteiger partial charge in [0.1, 0.15) is 5.69 Å². The number of rotatable bonds is 5. The zero-order chi connectivity index (χ0) is 18.5. The van der Waals surface area contributed by atoms with Gasteiger partial charge in [-0.1, -0.05) is 6.07 Å². The van der Waals surface area contributed by atoms with Gasteiger partial charge in [0.25, 0.3) is 5.92 Å². The number of nitrogens with two attached hydrogens (primary N) is 1. The van der Waals surface area contributed by atoms with Crippen molar-refractivity contribution in [3.05, 3.63) is 47.5 Å². The van der Waals surface area contributed by atoms with E-state index in [2.05, 4.69) is 15.1 Å². The van der Waals surface area contributed by atoms with Crippen LogP contribution in [0.4, 0.5) is 8.78 Å². The van der Waals surface area contributed by atoms with Crippen LogP contribution in [-0.4, -0.2) is 25.7 Å². The molecule has 1 aliphatic rings. The quantitative estimate of drug-likeness (QED) is 0.761. The van der Waals surface area contributed by atoms with Gasteiger partial charge in [0.15, 0.2) is 5.82 Å². The average Bonchev–Trinajstić information content (AvgIpc) is 3.35.